The van der Waals surface area contributed by atoms with Gasteiger partial charge in [-0.3, -0.25) is 4.79 Å². The standard InChI is InChI=1S/C30H34N2O4S/c1-20(23-10-12-25(34-4)13-11-23)32-18-24(16-29(32)33)21(2)36-30(3)31-27-17-26(14-15-28(27)37-30)35-19-22-8-6-5-7-9-22/h5-15,17,20-21,24,31H,16,18-19H2,1-4H3/t20-,21-,24-,30?/m1/s1. The van der Waals surface area contributed by atoms with Gasteiger partial charge in [-0.1, -0.05) is 54.2 Å². The van der Waals surface area contributed by atoms with Gasteiger partial charge in [0.1, 0.15) is 18.1 Å². The fourth-order valence-corrected chi connectivity index (χ4v) is 6.16. The lowest BCUT2D eigenvalue weighted by atomic mass is 10.0. The molecule has 1 amide bonds. The Bertz CT molecular complexity index is 1240. The smallest absolute Gasteiger partial charge is 0.223 e. The van der Waals surface area contributed by atoms with Crippen molar-refractivity contribution in [3.05, 3.63) is 83.9 Å². The Morgan fingerprint density at radius 2 is 1.78 bits per heavy atom. The summed E-state index contributed by atoms with van der Waals surface area (Å²) in [5, 5.41) is 2.92. The fourth-order valence-electron chi connectivity index (χ4n) is 5.02. The van der Waals surface area contributed by atoms with Gasteiger partial charge in [0.2, 0.25) is 5.91 Å². The number of nitrogens with one attached hydrogen (secondary N) is 1. The van der Waals surface area contributed by atoms with Gasteiger partial charge in [-0.25, -0.2) is 0 Å². The molecule has 4 atom stereocenters. The second-order valence-electron chi connectivity index (χ2n) is 9.89. The molecule has 1 fully saturated rings. The van der Waals surface area contributed by atoms with Crippen LogP contribution in [0.2, 0.25) is 0 Å². The molecule has 6 nitrogen and oxygen atoms in total. The molecule has 0 aromatic heterocycles. The highest BCUT2D eigenvalue weighted by Gasteiger charge is 2.41. The molecule has 5 rings (SSSR count). The highest BCUT2D eigenvalue weighted by molar-refractivity contribution is 8.01. The van der Waals surface area contributed by atoms with E-state index in [1.807, 2.05) is 66.4 Å². The first kappa shape index (κ1) is 25.5. The van der Waals surface area contributed by atoms with Crippen LogP contribution in [0.3, 0.4) is 0 Å². The summed E-state index contributed by atoms with van der Waals surface area (Å²) in [6.45, 7) is 7.41. The second-order valence-corrected chi connectivity index (χ2v) is 11.3. The summed E-state index contributed by atoms with van der Waals surface area (Å²) >= 11 is 1.66. The number of carbonyl (C=O) groups excluding carboxylic acids is 1. The van der Waals surface area contributed by atoms with E-state index < -0.39 is 5.06 Å². The van der Waals surface area contributed by atoms with E-state index in [-0.39, 0.29) is 24.0 Å². The Labute approximate surface area is 223 Å². The van der Waals surface area contributed by atoms with E-state index in [0.717, 1.165) is 33.2 Å². The number of benzene rings is 3. The molecule has 194 valence electrons. The van der Waals surface area contributed by atoms with Crippen molar-refractivity contribution < 1.29 is 19.0 Å². The number of methoxy groups -OCH3 is 1. The zero-order valence-corrected chi connectivity index (χ0v) is 22.6. The van der Waals surface area contributed by atoms with Gasteiger partial charge in [-0.05, 0) is 56.2 Å². The molecule has 0 saturated carbocycles. The van der Waals surface area contributed by atoms with E-state index in [9.17, 15) is 4.79 Å². The molecule has 1 saturated heterocycles. The third-order valence-corrected chi connectivity index (χ3v) is 8.36. The molecule has 0 aliphatic carbocycles. The zero-order valence-electron chi connectivity index (χ0n) is 21.8. The van der Waals surface area contributed by atoms with E-state index in [2.05, 4.69) is 37.4 Å². The van der Waals surface area contributed by atoms with Crippen LogP contribution in [0.4, 0.5) is 5.69 Å². The zero-order chi connectivity index (χ0) is 26.0. The van der Waals surface area contributed by atoms with Crippen molar-refractivity contribution in [2.45, 2.75) is 55.9 Å². The molecule has 3 aromatic carbocycles. The van der Waals surface area contributed by atoms with Crippen LogP contribution in [0.5, 0.6) is 11.5 Å². The highest BCUT2D eigenvalue weighted by Crippen LogP contribution is 2.48. The summed E-state index contributed by atoms with van der Waals surface area (Å²) < 4.78 is 17.8. The molecule has 37 heavy (non-hydrogen) atoms. The van der Waals surface area contributed by atoms with Crippen LogP contribution in [0, 0.1) is 5.92 Å². The summed E-state index contributed by atoms with van der Waals surface area (Å²) in [5.74, 6) is 1.93. The first-order valence-electron chi connectivity index (χ1n) is 12.7. The number of thioether (sulfide) groups is 1. The van der Waals surface area contributed by atoms with Gasteiger partial charge in [0.25, 0.3) is 0 Å². The van der Waals surface area contributed by atoms with Gasteiger partial charge < -0.3 is 24.4 Å². The molecular formula is C30H34N2O4S. The third kappa shape index (κ3) is 5.73. The normalized spacial score (nSPS) is 22.3. The number of anilines is 1. The van der Waals surface area contributed by atoms with Crippen LogP contribution in [-0.2, 0) is 16.1 Å². The van der Waals surface area contributed by atoms with Crippen molar-refractivity contribution >= 4 is 23.4 Å². The number of hydrogen-bond acceptors (Lipinski definition) is 6. The van der Waals surface area contributed by atoms with Gasteiger partial charge in [0.15, 0.2) is 5.06 Å². The van der Waals surface area contributed by atoms with Crippen molar-refractivity contribution in [1.29, 1.82) is 0 Å². The minimum atomic E-state index is -0.613. The number of likely N-dealkylation sites (tertiary alicyclic amines) is 1. The van der Waals surface area contributed by atoms with Crippen LogP contribution in [0.1, 0.15) is 44.4 Å². The Morgan fingerprint density at radius 1 is 1.05 bits per heavy atom. The van der Waals surface area contributed by atoms with Gasteiger partial charge in [0, 0.05) is 29.8 Å². The lowest BCUT2D eigenvalue weighted by Crippen LogP contribution is -2.38. The first-order chi connectivity index (χ1) is 17.8. The lowest BCUT2D eigenvalue weighted by molar-refractivity contribution is -0.129. The topological polar surface area (TPSA) is 60.0 Å². The maximum absolute atomic E-state index is 12.9. The monoisotopic (exact) mass is 518 g/mol. The average Bonchev–Trinajstić information content (AvgIpc) is 3.46. The van der Waals surface area contributed by atoms with Gasteiger partial charge in [0.05, 0.1) is 24.9 Å². The molecule has 2 heterocycles. The number of rotatable bonds is 9. The summed E-state index contributed by atoms with van der Waals surface area (Å²) in [6, 6.07) is 24.2. The SMILES string of the molecule is COc1ccc([C@@H](C)N2C[C@H]([C@@H](C)OC3(C)Nc4cc(OCc5ccccc5)ccc4S3)CC2=O)cc1. The molecule has 0 radical (unpaired) electrons. The average molecular weight is 519 g/mol. The molecule has 3 aromatic rings. The van der Waals surface area contributed by atoms with E-state index in [1.165, 1.54) is 0 Å². The number of carbonyl (C=O) groups is 1. The van der Waals surface area contributed by atoms with E-state index >= 15 is 0 Å². The van der Waals surface area contributed by atoms with Gasteiger partial charge in [-0.15, -0.1) is 0 Å². The number of fused-ring (bicyclic) bond motifs is 1. The summed E-state index contributed by atoms with van der Waals surface area (Å²) in [4.78, 5) is 16.0. The highest BCUT2D eigenvalue weighted by atomic mass is 32.2. The van der Waals surface area contributed by atoms with E-state index in [4.69, 9.17) is 14.2 Å². The first-order valence-corrected chi connectivity index (χ1v) is 13.5. The Balaban J connectivity index is 1.18. The molecule has 7 heteroatoms. The van der Waals surface area contributed by atoms with Gasteiger partial charge in [-0.2, -0.15) is 0 Å². The molecule has 1 unspecified atom stereocenters. The van der Waals surface area contributed by atoms with Crippen molar-refractivity contribution in [1.82, 2.24) is 4.90 Å². The van der Waals surface area contributed by atoms with Crippen molar-refractivity contribution in [2.75, 3.05) is 19.0 Å². The molecule has 2 aliphatic heterocycles. The summed E-state index contributed by atoms with van der Waals surface area (Å²) in [7, 11) is 1.66. The van der Waals surface area contributed by atoms with Crippen molar-refractivity contribution in [2.24, 2.45) is 5.92 Å². The van der Waals surface area contributed by atoms with Crippen LogP contribution in [0.25, 0.3) is 0 Å². The van der Waals surface area contributed by atoms with Crippen molar-refractivity contribution in [3.63, 3.8) is 0 Å². The molecule has 0 spiro atoms. The predicted octanol–water partition coefficient (Wildman–Crippen LogP) is 6.48. The van der Waals surface area contributed by atoms with E-state index in [1.54, 1.807) is 18.9 Å². The molecule has 0 bridgehead atoms. The Kier molecular flexibility index (Phi) is 7.36. The largest absolute Gasteiger partial charge is 0.497 e. The molecular weight excluding hydrogens is 484 g/mol. The Morgan fingerprint density at radius 3 is 2.51 bits per heavy atom. The number of hydrogen-bond donors (Lipinski definition) is 1. The fraction of sp³-hybridized carbons (Fsp3) is 0.367. The second kappa shape index (κ2) is 10.7. The van der Waals surface area contributed by atoms with Crippen LogP contribution in [0.15, 0.2) is 77.7 Å². The molecule has 1 N–H and O–H groups in total. The number of amides is 1. The minimum absolute atomic E-state index is 0.00346. The minimum Gasteiger partial charge on any atom is -0.497 e. The quantitative estimate of drug-likeness (QED) is 0.350. The summed E-state index contributed by atoms with van der Waals surface area (Å²) in [6.07, 6.45) is 0.400. The van der Waals surface area contributed by atoms with E-state index in [0.29, 0.717) is 19.6 Å². The maximum atomic E-state index is 12.9. The van der Waals surface area contributed by atoms with Crippen molar-refractivity contribution in [3.8, 4) is 11.5 Å². The Hall–Kier alpha value is -3.16. The van der Waals surface area contributed by atoms with Gasteiger partial charge >= 0.3 is 0 Å². The summed E-state index contributed by atoms with van der Waals surface area (Å²) in [5.41, 5.74) is 3.24. The lowest BCUT2D eigenvalue weighted by Gasteiger charge is -2.32. The predicted molar refractivity (Wildman–Crippen MR) is 147 cm³/mol. The maximum Gasteiger partial charge on any atom is 0.223 e. The van der Waals surface area contributed by atoms with Crippen LogP contribution >= 0.6 is 11.8 Å². The van der Waals surface area contributed by atoms with Crippen LogP contribution in [-0.4, -0.2) is 35.6 Å². The van der Waals surface area contributed by atoms with Crippen LogP contribution < -0.4 is 14.8 Å². The number of nitrogens with zero attached hydrogens (tertiary/aromatic N) is 1. The number of ether oxygens (including phenoxy) is 3. The molecule has 2 aliphatic rings. The third-order valence-electron chi connectivity index (χ3n) is 7.19.